The van der Waals surface area contributed by atoms with Crippen molar-refractivity contribution in [3.05, 3.63) is 65.5 Å². The molecule has 0 spiro atoms. The van der Waals surface area contributed by atoms with Gasteiger partial charge in [-0.25, -0.2) is 31.9 Å². The van der Waals surface area contributed by atoms with Crippen molar-refractivity contribution in [3.8, 4) is 0 Å². The summed E-state index contributed by atoms with van der Waals surface area (Å²) in [7, 11) is -2.44. The second-order valence-corrected chi connectivity index (χ2v) is 9.32. The van der Waals surface area contributed by atoms with Crippen LogP contribution in [0.4, 0.5) is 21.6 Å². The number of aliphatic imine (C=N–C) groups is 1. The Morgan fingerprint density at radius 1 is 1.29 bits per heavy atom. The first-order valence-corrected chi connectivity index (χ1v) is 10.7. The third kappa shape index (κ3) is 3.62. The molecule has 0 aliphatic carbocycles. The summed E-state index contributed by atoms with van der Waals surface area (Å²) >= 11 is 0. The maximum Gasteiger partial charge on any atom is 0.239 e. The van der Waals surface area contributed by atoms with Crippen molar-refractivity contribution in [1.82, 2.24) is 14.3 Å². The molecule has 0 unspecified atom stereocenters. The number of pyridine rings is 2. The summed E-state index contributed by atoms with van der Waals surface area (Å²) in [5, 5.41) is 3.81. The first-order chi connectivity index (χ1) is 14.6. The van der Waals surface area contributed by atoms with Crippen LogP contribution >= 0.6 is 0 Å². The van der Waals surface area contributed by atoms with E-state index in [1.54, 1.807) is 18.3 Å². The lowest BCUT2D eigenvalue weighted by Crippen LogP contribution is -2.50. The molecule has 0 fully saturated rings. The van der Waals surface area contributed by atoms with Gasteiger partial charge >= 0.3 is 0 Å². The van der Waals surface area contributed by atoms with Crippen molar-refractivity contribution in [2.75, 3.05) is 18.1 Å². The summed E-state index contributed by atoms with van der Waals surface area (Å²) in [5.74, 6) is -0.821. The van der Waals surface area contributed by atoms with Gasteiger partial charge in [-0.15, -0.1) is 0 Å². The quantitative estimate of drug-likeness (QED) is 0.606. The second kappa shape index (κ2) is 7.17. The van der Waals surface area contributed by atoms with Crippen LogP contribution in [0.25, 0.3) is 15.7 Å². The van der Waals surface area contributed by atoms with Gasteiger partial charge in [0.25, 0.3) is 0 Å². The Labute approximate surface area is 178 Å². The van der Waals surface area contributed by atoms with E-state index in [2.05, 4.69) is 25.1 Å². The average molecular weight is 439 g/mol. The fourth-order valence-electron chi connectivity index (χ4n) is 3.44. The summed E-state index contributed by atoms with van der Waals surface area (Å²) in [6.07, 6.45) is 3.01. The Morgan fingerprint density at radius 3 is 2.77 bits per heavy atom. The van der Waals surface area contributed by atoms with Crippen LogP contribution in [0, 0.1) is 12.4 Å². The largest absolute Gasteiger partial charge is 0.369 e. The van der Waals surface area contributed by atoms with E-state index in [0.29, 0.717) is 22.7 Å². The molecule has 3 heterocycles. The maximum atomic E-state index is 14.7. The van der Waals surface area contributed by atoms with E-state index in [9.17, 15) is 12.8 Å². The smallest absolute Gasteiger partial charge is 0.239 e. The fraction of sp³-hybridized carbons (Fsp3) is 0.200. The minimum Gasteiger partial charge on any atom is -0.369 e. The molecule has 1 aliphatic rings. The number of sulfonamides is 1. The lowest BCUT2D eigenvalue weighted by atomic mass is 9.93. The minimum atomic E-state index is -3.75. The molecule has 158 valence electrons. The minimum absolute atomic E-state index is 0.0839. The van der Waals surface area contributed by atoms with Gasteiger partial charge in [0.2, 0.25) is 21.7 Å². The molecule has 2 aromatic heterocycles. The predicted octanol–water partition coefficient (Wildman–Crippen LogP) is 2.87. The van der Waals surface area contributed by atoms with Crippen LogP contribution < -0.4 is 11.1 Å². The Hall–Kier alpha value is -3.78. The van der Waals surface area contributed by atoms with Crippen molar-refractivity contribution in [2.45, 2.75) is 12.5 Å². The molecule has 31 heavy (non-hydrogen) atoms. The monoisotopic (exact) mass is 439 g/mol. The van der Waals surface area contributed by atoms with Crippen LogP contribution in [-0.2, 0) is 15.6 Å². The highest BCUT2D eigenvalue weighted by Gasteiger charge is 2.41. The highest BCUT2D eigenvalue weighted by atomic mass is 32.2. The molecule has 0 saturated carbocycles. The van der Waals surface area contributed by atoms with Crippen molar-refractivity contribution in [2.24, 2.45) is 10.7 Å². The SMILES string of the molecule is [C-]#[N+]c1cnc2c(Nc3ccc(F)c([C@]4(C)CS(=O)(=O)N(C)C(N)=N4)c3)nccc2c1. The highest BCUT2D eigenvalue weighted by Crippen LogP contribution is 2.35. The first-order valence-electron chi connectivity index (χ1n) is 9.14. The zero-order valence-electron chi connectivity index (χ0n) is 16.7. The molecule has 0 radical (unpaired) electrons. The van der Waals surface area contributed by atoms with Gasteiger partial charge < -0.3 is 11.1 Å². The summed E-state index contributed by atoms with van der Waals surface area (Å²) in [5.41, 5.74) is 5.88. The lowest BCUT2D eigenvalue weighted by Gasteiger charge is -2.34. The van der Waals surface area contributed by atoms with E-state index in [4.69, 9.17) is 12.3 Å². The third-order valence-electron chi connectivity index (χ3n) is 5.09. The van der Waals surface area contributed by atoms with Crippen molar-refractivity contribution in [1.29, 1.82) is 0 Å². The molecule has 4 rings (SSSR count). The molecular formula is C20H18FN7O2S. The zero-order valence-corrected chi connectivity index (χ0v) is 17.5. The van der Waals surface area contributed by atoms with E-state index >= 15 is 0 Å². The zero-order chi connectivity index (χ0) is 22.4. The highest BCUT2D eigenvalue weighted by molar-refractivity contribution is 7.89. The van der Waals surface area contributed by atoms with E-state index in [1.165, 1.54) is 38.4 Å². The number of nitrogens with zero attached hydrogens (tertiary/aromatic N) is 5. The lowest BCUT2D eigenvalue weighted by molar-refractivity contribution is 0.458. The van der Waals surface area contributed by atoms with Crippen LogP contribution in [-0.4, -0.2) is 41.5 Å². The van der Waals surface area contributed by atoms with Gasteiger partial charge in [-0.05, 0) is 42.6 Å². The molecule has 1 aromatic carbocycles. The molecule has 3 N–H and O–H groups in total. The molecule has 1 aliphatic heterocycles. The van der Waals surface area contributed by atoms with Gasteiger partial charge in [-0.2, -0.15) is 0 Å². The number of rotatable bonds is 3. The van der Waals surface area contributed by atoms with E-state index in [1.807, 2.05) is 0 Å². The molecule has 3 aromatic rings. The van der Waals surface area contributed by atoms with Gasteiger partial charge in [0, 0.05) is 30.7 Å². The number of aromatic nitrogens is 2. The van der Waals surface area contributed by atoms with Crippen molar-refractivity contribution in [3.63, 3.8) is 0 Å². The molecule has 0 bridgehead atoms. The summed E-state index contributed by atoms with van der Waals surface area (Å²) in [6.45, 7) is 8.64. The summed E-state index contributed by atoms with van der Waals surface area (Å²) < 4.78 is 40.5. The number of guanidine groups is 1. The van der Waals surface area contributed by atoms with Crippen molar-refractivity contribution < 1.29 is 12.8 Å². The molecular weight excluding hydrogens is 421 g/mol. The Kier molecular flexibility index (Phi) is 4.74. The van der Waals surface area contributed by atoms with Gasteiger partial charge in [0.05, 0.1) is 12.3 Å². The first kappa shape index (κ1) is 20.5. The normalized spacial score (nSPS) is 20.2. The molecule has 9 nitrogen and oxygen atoms in total. The van der Waals surface area contributed by atoms with Crippen LogP contribution in [0.1, 0.15) is 12.5 Å². The molecule has 11 heteroatoms. The number of fused-ring (bicyclic) bond motifs is 1. The van der Waals surface area contributed by atoms with Gasteiger partial charge in [-0.1, -0.05) is 0 Å². The number of nitrogens with one attached hydrogen (secondary N) is 1. The Bertz CT molecular complexity index is 1380. The van der Waals surface area contributed by atoms with E-state index < -0.39 is 27.1 Å². The number of halogens is 1. The van der Waals surface area contributed by atoms with Gasteiger partial charge in [0.1, 0.15) is 16.9 Å². The van der Waals surface area contributed by atoms with Gasteiger partial charge in [0.15, 0.2) is 5.82 Å². The molecule has 0 amide bonds. The van der Waals surface area contributed by atoms with E-state index in [-0.39, 0.29) is 11.5 Å². The predicted molar refractivity (Wildman–Crippen MR) is 116 cm³/mol. The number of benzene rings is 1. The Balaban J connectivity index is 1.76. The second-order valence-electron chi connectivity index (χ2n) is 7.32. The van der Waals surface area contributed by atoms with Crippen LogP contribution in [0.3, 0.4) is 0 Å². The molecule has 1 atom stereocenters. The van der Waals surface area contributed by atoms with Crippen LogP contribution in [0.15, 0.2) is 47.7 Å². The molecule has 0 saturated heterocycles. The number of hydrogen-bond acceptors (Lipinski definition) is 7. The number of nitrogens with two attached hydrogens (primary N) is 1. The number of anilines is 2. The number of hydrogen-bond donors (Lipinski definition) is 2. The van der Waals surface area contributed by atoms with Crippen LogP contribution in [0.2, 0.25) is 0 Å². The standard InChI is InChI=1S/C20H18FN7O2S/c1-20(11-31(29,30)28(3)19(22)27-20)15-9-13(4-5-16(15)21)26-18-17-12(6-7-24-18)8-14(23-2)10-25-17/h4-10H,11H2,1,3H3,(H2,22,27)(H,24,26)/t20-/m0/s1. The topological polar surface area (TPSA) is 118 Å². The summed E-state index contributed by atoms with van der Waals surface area (Å²) in [6, 6.07) is 7.66. The summed E-state index contributed by atoms with van der Waals surface area (Å²) in [4.78, 5) is 16.2. The Morgan fingerprint density at radius 2 is 2.06 bits per heavy atom. The van der Waals surface area contributed by atoms with Crippen molar-refractivity contribution >= 4 is 44.1 Å². The third-order valence-corrected chi connectivity index (χ3v) is 7.04. The van der Waals surface area contributed by atoms with Gasteiger partial charge in [-0.3, -0.25) is 4.98 Å². The average Bonchev–Trinajstić information content (AvgIpc) is 2.72. The van der Waals surface area contributed by atoms with Crippen LogP contribution in [0.5, 0.6) is 0 Å². The fourth-order valence-corrected chi connectivity index (χ4v) is 4.89. The maximum absolute atomic E-state index is 14.7. The van der Waals surface area contributed by atoms with E-state index in [0.717, 1.165) is 9.69 Å².